The molecule has 0 amide bonds. The molecule has 0 saturated carbocycles. The van der Waals surface area contributed by atoms with Crippen molar-refractivity contribution < 1.29 is 38.3 Å². The second-order valence-electron chi connectivity index (χ2n) is 8.51. The van der Waals surface area contributed by atoms with Crippen molar-refractivity contribution in [2.24, 2.45) is 5.92 Å². The number of aliphatic hydroxyl groups excluding tert-OH is 1. The smallest absolute Gasteiger partial charge is 0.270 e. The number of nitrogens with zero attached hydrogens (tertiary/aromatic N) is 4. The zero-order chi connectivity index (χ0) is 26.0. The molecule has 0 aliphatic rings. The van der Waals surface area contributed by atoms with E-state index in [2.05, 4.69) is 0 Å². The molecule has 0 fully saturated rings. The van der Waals surface area contributed by atoms with Gasteiger partial charge in [0.05, 0.1) is 9.85 Å². The summed E-state index contributed by atoms with van der Waals surface area (Å²) in [5, 5.41) is 31.2. The molecule has 10 nitrogen and oxygen atoms in total. The standard InChI is InChI=1S/2C12H16N2O3.V/c2*1-9(8-13(2)3)12(15)10-5-4-6-11(7-10)14(16)17;/h4-7,15H,8H2,1-3H3;4-7,9H,8H2,1-3H3;/b12-9+;;. The van der Waals surface area contributed by atoms with Crippen molar-refractivity contribution in [1.29, 1.82) is 0 Å². The zero-order valence-electron chi connectivity index (χ0n) is 20.8. The molecule has 11 heteroatoms. The van der Waals surface area contributed by atoms with Gasteiger partial charge in [0.2, 0.25) is 0 Å². The van der Waals surface area contributed by atoms with Crippen molar-refractivity contribution in [3.05, 3.63) is 85.5 Å². The number of Topliss-reactive ketones (excluding diaryl/α,β-unsaturated/α-hetero) is 1. The van der Waals surface area contributed by atoms with E-state index >= 15 is 0 Å². The maximum Gasteiger partial charge on any atom is 0.270 e. The van der Waals surface area contributed by atoms with Gasteiger partial charge in [0.1, 0.15) is 5.76 Å². The fourth-order valence-corrected chi connectivity index (χ4v) is 3.25. The van der Waals surface area contributed by atoms with Gasteiger partial charge in [0, 0.05) is 73.0 Å². The molecule has 35 heavy (non-hydrogen) atoms. The third kappa shape index (κ3) is 10.8. The first-order valence-corrected chi connectivity index (χ1v) is 10.5. The van der Waals surface area contributed by atoms with Crippen LogP contribution in [-0.4, -0.2) is 71.8 Å². The van der Waals surface area contributed by atoms with Crippen molar-refractivity contribution in [3.8, 4) is 0 Å². The van der Waals surface area contributed by atoms with Crippen molar-refractivity contribution >= 4 is 22.9 Å². The maximum absolute atomic E-state index is 12.0. The molecule has 1 unspecified atom stereocenters. The quantitative estimate of drug-likeness (QED) is 0.221. The summed E-state index contributed by atoms with van der Waals surface area (Å²) in [6, 6.07) is 11.8. The number of aliphatic hydroxyl groups is 1. The number of nitro groups is 2. The van der Waals surface area contributed by atoms with Gasteiger partial charge >= 0.3 is 0 Å². The summed E-state index contributed by atoms with van der Waals surface area (Å²) in [7, 11) is 7.56. The predicted molar refractivity (Wildman–Crippen MR) is 132 cm³/mol. The number of rotatable bonds is 9. The van der Waals surface area contributed by atoms with E-state index in [-0.39, 0.29) is 47.4 Å². The Hall–Kier alpha value is -3.05. The average molecular weight is 523 g/mol. The van der Waals surface area contributed by atoms with Crippen LogP contribution in [0.2, 0.25) is 0 Å². The molecule has 0 saturated heterocycles. The van der Waals surface area contributed by atoms with Crippen LogP contribution in [0.15, 0.2) is 54.1 Å². The number of ketones is 1. The minimum absolute atomic E-state index is 0. The Kier molecular flexibility index (Phi) is 13.7. The van der Waals surface area contributed by atoms with Crippen molar-refractivity contribution in [1.82, 2.24) is 9.80 Å². The molecule has 1 N–H and O–H groups in total. The summed E-state index contributed by atoms with van der Waals surface area (Å²) in [6.07, 6.45) is 0. The molecule has 0 spiro atoms. The van der Waals surface area contributed by atoms with Gasteiger partial charge in [-0.1, -0.05) is 31.2 Å². The first kappa shape index (κ1) is 32.0. The zero-order valence-corrected chi connectivity index (χ0v) is 22.2. The van der Waals surface area contributed by atoms with Gasteiger partial charge in [-0.05, 0) is 40.7 Å². The number of carbonyl (C=O) groups excluding carboxylic acids is 1. The average Bonchev–Trinajstić information content (AvgIpc) is 2.77. The van der Waals surface area contributed by atoms with Crippen LogP contribution < -0.4 is 0 Å². The number of benzene rings is 2. The summed E-state index contributed by atoms with van der Waals surface area (Å²) in [6.45, 7) is 4.85. The second-order valence-corrected chi connectivity index (χ2v) is 8.51. The molecule has 0 bridgehead atoms. The van der Waals surface area contributed by atoms with E-state index in [1.54, 1.807) is 25.1 Å². The topological polar surface area (TPSA) is 130 Å². The first-order chi connectivity index (χ1) is 15.8. The van der Waals surface area contributed by atoms with E-state index in [4.69, 9.17) is 0 Å². The fraction of sp³-hybridized carbons (Fsp3) is 0.375. The van der Waals surface area contributed by atoms with Gasteiger partial charge in [-0.2, -0.15) is 0 Å². The van der Waals surface area contributed by atoms with E-state index in [0.29, 0.717) is 24.2 Å². The number of hydrogen-bond acceptors (Lipinski definition) is 8. The van der Waals surface area contributed by atoms with Crippen LogP contribution in [0.1, 0.15) is 29.8 Å². The van der Waals surface area contributed by atoms with E-state index in [1.165, 1.54) is 30.3 Å². The molecule has 189 valence electrons. The monoisotopic (exact) mass is 523 g/mol. The van der Waals surface area contributed by atoms with Crippen molar-refractivity contribution in [2.45, 2.75) is 13.8 Å². The molecule has 0 aliphatic carbocycles. The van der Waals surface area contributed by atoms with Gasteiger partial charge in [0.25, 0.3) is 11.4 Å². The van der Waals surface area contributed by atoms with Crippen molar-refractivity contribution in [3.63, 3.8) is 0 Å². The Morgan fingerprint density at radius 2 is 1.37 bits per heavy atom. The Labute approximate surface area is 217 Å². The van der Waals surface area contributed by atoms with Crippen LogP contribution in [0.4, 0.5) is 11.4 Å². The molecular weight excluding hydrogens is 491 g/mol. The van der Waals surface area contributed by atoms with Gasteiger partial charge < -0.3 is 14.9 Å². The van der Waals surface area contributed by atoms with Crippen LogP contribution in [0, 0.1) is 26.1 Å². The Balaban J connectivity index is 0.000000642. The molecule has 2 rings (SSSR count). The van der Waals surface area contributed by atoms with Gasteiger partial charge in [0.15, 0.2) is 5.78 Å². The maximum atomic E-state index is 12.0. The SMILES string of the molecule is C/C(CN(C)C)=C(\O)c1cccc([N+](=O)[O-])c1.CC(CN(C)C)C(=O)c1cccc([N+](=O)[O-])c1.[V]. The van der Waals surface area contributed by atoms with E-state index < -0.39 is 9.85 Å². The summed E-state index contributed by atoms with van der Waals surface area (Å²) < 4.78 is 0. The number of likely N-dealkylation sites (N-methyl/N-ethyl adjacent to an activating group) is 1. The minimum atomic E-state index is -0.493. The number of non-ortho nitro benzene ring substituents is 2. The predicted octanol–water partition coefficient (Wildman–Crippen LogP) is 4.42. The molecule has 2 aromatic rings. The molecule has 1 radical (unpaired) electrons. The number of nitro benzene ring substituents is 2. The van der Waals surface area contributed by atoms with Gasteiger partial charge in [-0.3, -0.25) is 25.0 Å². The van der Waals surface area contributed by atoms with Crippen LogP contribution in [0.25, 0.3) is 5.76 Å². The van der Waals surface area contributed by atoms with E-state index in [9.17, 15) is 30.1 Å². The van der Waals surface area contributed by atoms with Crippen LogP contribution in [0.5, 0.6) is 0 Å². The molecule has 1 atom stereocenters. The summed E-state index contributed by atoms with van der Waals surface area (Å²) in [4.78, 5) is 36.1. The molecule has 2 aromatic carbocycles. The second kappa shape index (κ2) is 15.1. The Morgan fingerprint density at radius 1 is 0.914 bits per heavy atom. The van der Waals surface area contributed by atoms with Crippen LogP contribution in [0.3, 0.4) is 0 Å². The molecule has 0 aromatic heterocycles. The number of hydrogen-bond donors (Lipinski definition) is 1. The molecular formula is C24H32N4O6V. The van der Waals surface area contributed by atoms with Crippen LogP contribution in [-0.2, 0) is 18.6 Å². The van der Waals surface area contributed by atoms with E-state index in [1.807, 2.05) is 44.9 Å². The number of carbonyl (C=O) groups is 1. The fourth-order valence-electron chi connectivity index (χ4n) is 3.25. The Morgan fingerprint density at radius 3 is 1.80 bits per heavy atom. The van der Waals surface area contributed by atoms with Crippen LogP contribution >= 0.6 is 0 Å². The largest absolute Gasteiger partial charge is 0.507 e. The summed E-state index contributed by atoms with van der Waals surface area (Å²) in [5.41, 5.74) is 1.57. The third-order valence-corrected chi connectivity index (χ3v) is 4.72. The minimum Gasteiger partial charge on any atom is -0.507 e. The third-order valence-electron chi connectivity index (χ3n) is 4.72. The normalized spacial score (nSPS) is 12.1. The summed E-state index contributed by atoms with van der Waals surface area (Å²) >= 11 is 0. The van der Waals surface area contributed by atoms with Crippen molar-refractivity contribution in [2.75, 3.05) is 41.3 Å². The molecule has 0 aliphatic heterocycles. The summed E-state index contributed by atoms with van der Waals surface area (Å²) in [5.74, 6) is -0.142. The Bertz CT molecular complexity index is 1060. The molecule has 0 heterocycles. The van der Waals surface area contributed by atoms with Gasteiger partial charge in [-0.25, -0.2) is 0 Å². The van der Waals surface area contributed by atoms with E-state index in [0.717, 1.165) is 5.57 Å². The first-order valence-electron chi connectivity index (χ1n) is 10.5. The van der Waals surface area contributed by atoms with Gasteiger partial charge in [-0.15, -0.1) is 0 Å².